The van der Waals surface area contributed by atoms with Crippen molar-refractivity contribution < 1.29 is 14.3 Å². The molecule has 0 aromatic rings. The van der Waals surface area contributed by atoms with Crippen molar-refractivity contribution in [1.82, 2.24) is 0 Å². The number of hydrogen-bond donors (Lipinski definition) is 0. The number of methoxy groups -OCH3 is 1. The second-order valence-electron chi connectivity index (χ2n) is 1.98. The zero-order chi connectivity index (χ0) is 10.1. The Morgan fingerprint density at radius 3 is 2.77 bits per heavy atom. The Kier molecular flexibility index (Phi) is 5.98. The van der Waals surface area contributed by atoms with Crippen molar-refractivity contribution in [2.45, 2.75) is 6.92 Å². The van der Waals surface area contributed by atoms with Crippen LogP contribution in [0, 0.1) is 11.3 Å². The molecule has 0 heterocycles. The van der Waals surface area contributed by atoms with Gasteiger partial charge in [-0.05, 0) is 19.1 Å². The lowest BCUT2D eigenvalue weighted by molar-refractivity contribution is -0.138. The number of nitriles is 1. The van der Waals surface area contributed by atoms with E-state index in [9.17, 15) is 4.79 Å². The highest BCUT2D eigenvalue weighted by Gasteiger charge is 2.07. The molecule has 0 fully saturated rings. The first kappa shape index (κ1) is 11.2. The van der Waals surface area contributed by atoms with Gasteiger partial charge < -0.3 is 9.47 Å². The van der Waals surface area contributed by atoms with Gasteiger partial charge in [0.1, 0.15) is 11.6 Å². The first-order valence-electron chi connectivity index (χ1n) is 3.73. The average molecular weight is 181 g/mol. The van der Waals surface area contributed by atoms with E-state index < -0.39 is 5.97 Å². The maximum atomic E-state index is 11.0. The minimum atomic E-state index is -0.620. The van der Waals surface area contributed by atoms with E-state index in [1.165, 1.54) is 25.5 Å². The molecule has 0 aromatic heterocycles. The van der Waals surface area contributed by atoms with Gasteiger partial charge in [0.15, 0.2) is 0 Å². The molecule has 0 N–H and O–H groups in total. The molecule has 0 aliphatic heterocycles. The molecule has 0 saturated heterocycles. The molecule has 0 unspecified atom stereocenters. The average Bonchev–Trinajstić information content (AvgIpc) is 2.13. The van der Waals surface area contributed by atoms with E-state index in [0.717, 1.165) is 0 Å². The number of ether oxygens (including phenoxy) is 2. The molecule has 0 rings (SSSR count). The summed E-state index contributed by atoms with van der Waals surface area (Å²) in [6, 6.07) is 1.73. The SMILES string of the molecule is CCOC(=O)C(C#N)=CC=COC. The molecule has 0 saturated carbocycles. The van der Waals surface area contributed by atoms with E-state index in [0.29, 0.717) is 0 Å². The zero-order valence-corrected chi connectivity index (χ0v) is 7.61. The lowest BCUT2D eigenvalue weighted by atomic mass is 10.3. The van der Waals surface area contributed by atoms with Gasteiger partial charge in [0.25, 0.3) is 0 Å². The third-order valence-corrected chi connectivity index (χ3v) is 1.09. The molecular formula is C9H11NO3. The topological polar surface area (TPSA) is 59.3 Å². The number of carbonyl (C=O) groups is 1. The second kappa shape index (κ2) is 6.92. The summed E-state index contributed by atoms with van der Waals surface area (Å²) in [7, 11) is 1.47. The van der Waals surface area contributed by atoms with E-state index in [2.05, 4.69) is 9.47 Å². The fraction of sp³-hybridized carbons (Fsp3) is 0.333. The van der Waals surface area contributed by atoms with Crippen molar-refractivity contribution in [3.63, 3.8) is 0 Å². The molecule has 4 nitrogen and oxygen atoms in total. The Labute approximate surface area is 77.1 Å². The van der Waals surface area contributed by atoms with E-state index in [-0.39, 0.29) is 12.2 Å². The van der Waals surface area contributed by atoms with E-state index >= 15 is 0 Å². The molecule has 70 valence electrons. The Hall–Kier alpha value is -1.76. The van der Waals surface area contributed by atoms with Crippen molar-refractivity contribution in [2.24, 2.45) is 0 Å². The highest BCUT2D eigenvalue weighted by molar-refractivity contribution is 5.93. The minimum absolute atomic E-state index is 0.0462. The predicted molar refractivity (Wildman–Crippen MR) is 46.5 cm³/mol. The molecule has 0 bridgehead atoms. The summed E-state index contributed by atoms with van der Waals surface area (Å²) >= 11 is 0. The summed E-state index contributed by atoms with van der Waals surface area (Å²) in [5, 5.41) is 8.53. The number of esters is 1. The summed E-state index contributed by atoms with van der Waals surface area (Å²) in [4.78, 5) is 11.0. The van der Waals surface area contributed by atoms with Gasteiger partial charge >= 0.3 is 5.97 Å². The van der Waals surface area contributed by atoms with Gasteiger partial charge in [-0.25, -0.2) is 4.79 Å². The predicted octanol–water partition coefficient (Wildman–Crippen LogP) is 1.16. The van der Waals surface area contributed by atoms with E-state index in [1.54, 1.807) is 13.0 Å². The third-order valence-electron chi connectivity index (χ3n) is 1.09. The molecule has 0 radical (unpaired) electrons. The molecule has 4 heteroatoms. The number of rotatable bonds is 4. The fourth-order valence-corrected chi connectivity index (χ4v) is 0.574. The number of hydrogen-bond acceptors (Lipinski definition) is 4. The summed E-state index contributed by atoms with van der Waals surface area (Å²) in [5.41, 5.74) is -0.0462. The van der Waals surface area contributed by atoms with Gasteiger partial charge in [0, 0.05) is 0 Å². The number of allylic oxidation sites excluding steroid dienone is 2. The Morgan fingerprint density at radius 2 is 2.31 bits per heavy atom. The van der Waals surface area contributed by atoms with Gasteiger partial charge in [0.2, 0.25) is 0 Å². The van der Waals surface area contributed by atoms with Crippen molar-refractivity contribution in [3.05, 3.63) is 24.0 Å². The van der Waals surface area contributed by atoms with Crippen molar-refractivity contribution in [1.29, 1.82) is 5.26 Å². The highest BCUT2D eigenvalue weighted by Crippen LogP contribution is 1.96. The van der Waals surface area contributed by atoms with Crippen LogP contribution in [0.25, 0.3) is 0 Å². The van der Waals surface area contributed by atoms with Crippen molar-refractivity contribution in [2.75, 3.05) is 13.7 Å². The second-order valence-corrected chi connectivity index (χ2v) is 1.98. The van der Waals surface area contributed by atoms with Gasteiger partial charge in [0.05, 0.1) is 20.0 Å². The third kappa shape index (κ3) is 4.64. The van der Waals surface area contributed by atoms with Gasteiger partial charge in [-0.2, -0.15) is 5.26 Å². The standard InChI is InChI=1S/C9H11NO3/c1-3-13-9(11)8(7-10)5-4-6-12-2/h4-6H,3H2,1-2H3. The molecule has 0 atom stereocenters. The zero-order valence-electron chi connectivity index (χ0n) is 7.61. The van der Waals surface area contributed by atoms with Crippen LogP contribution < -0.4 is 0 Å². The van der Waals surface area contributed by atoms with Crippen molar-refractivity contribution >= 4 is 5.97 Å². The van der Waals surface area contributed by atoms with Crippen LogP contribution in [0.5, 0.6) is 0 Å². The number of nitrogens with zero attached hydrogens (tertiary/aromatic N) is 1. The molecule has 0 amide bonds. The van der Waals surface area contributed by atoms with Crippen LogP contribution in [0.3, 0.4) is 0 Å². The van der Waals surface area contributed by atoms with Gasteiger partial charge in [-0.3, -0.25) is 0 Å². The molecule has 0 aromatic carbocycles. The van der Waals surface area contributed by atoms with Crippen LogP contribution in [-0.4, -0.2) is 19.7 Å². The lowest BCUT2D eigenvalue weighted by Crippen LogP contribution is -2.05. The molecule has 0 aliphatic rings. The highest BCUT2D eigenvalue weighted by atomic mass is 16.5. The normalized spacial score (nSPS) is 11.0. The summed E-state index contributed by atoms with van der Waals surface area (Å²) in [6.45, 7) is 1.93. The fourth-order valence-electron chi connectivity index (χ4n) is 0.574. The van der Waals surface area contributed by atoms with Crippen LogP contribution in [-0.2, 0) is 14.3 Å². The van der Waals surface area contributed by atoms with Crippen molar-refractivity contribution in [3.8, 4) is 6.07 Å². The van der Waals surface area contributed by atoms with Crippen LogP contribution in [0.1, 0.15) is 6.92 Å². The van der Waals surface area contributed by atoms with Crippen LogP contribution in [0.2, 0.25) is 0 Å². The van der Waals surface area contributed by atoms with Crippen LogP contribution in [0.4, 0.5) is 0 Å². The first-order chi connectivity index (χ1) is 6.26. The molecule has 0 aliphatic carbocycles. The Bertz CT molecular complexity index is 261. The molecule has 13 heavy (non-hydrogen) atoms. The quantitative estimate of drug-likeness (QED) is 0.215. The smallest absolute Gasteiger partial charge is 0.348 e. The monoisotopic (exact) mass is 181 g/mol. The maximum absolute atomic E-state index is 11.0. The van der Waals surface area contributed by atoms with Gasteiger partial charge in [-0.15, -0.1) is 0 Å². The van der Waals surface area contributed by atoms with E-state index in [4.69, 9.17) is 5.26 Å². The largest absolute Gasteiger partial charge is 0.504 e. The van der Waals surface area contributed by atoms with Crippen LogP contribution >= 0.6 is 0 Å². The minimum Gasteiger partial charge on any atom is -0.504 e. The summed E-state index contributed by atoms with van der Waals surface area (Å²) in [6.07, 6.45) is 4.15. The number of carbonyl (C=O) groups excluding carboxylic acids is 1. The Balaban J connectivity index is 4.34. The molecule has 0 spiro atoms. The molecular weight excluding hydrogens is 170 g/mol. The maximum Gasteiger partial charge on any atom is 0.348 e. The van der Waals surface area contributed by atoms with E-state index in [1.807, 2.05) is 0 Å². The first-order valence-corrected chi connectivity index (χ1v) is 3.73. The lowest BCUT2D eigenvalue weighted by Gasteiger charge is -1.97. The van der Waals surface area contributed by atoms with Crippen LogP contribution in [0.15, 0.2) is 24.0 Å². The summed E-state index contributed by atoms with van der Waals surface area (Å²) < 4.78 is 9.21. The van der Waals surface area contributed by atoms with Gasteiger partial charge in [-0.1, -0.05) is 0 Å². The summed E-state index contributed by atoms with van der Waals surface area (Å²) in [5.74, 6) is -0.620. The Morgan fingerprint density at radius 1 is 1.62 bits per heavy atom.